The molecule has 0 unspecified atom stereocenters. The average Bonchev–Trinajstić information content (AvgIpc) is 3.14. The van der Waals surface area contributed by atoms with Crippen LogP contribution in [-0.2, 0) is 18.4 Å². The van der Waals surface area contributed by atoms with Gasteiger partial charge in [-0.3, -0.25) is 9.48 Å². The molecule has 1 fully saturated rings. The van der Waals surface area contributed by atoms with Gasteiger partial charge in [0.2, 0.25) is 5.91 Å². The van der Waals surface area contributed by atoms with E-state index in [-0.39, 0.29) is 42.3 Å². The van der Waals surface area contributed by atoms with Gasteiger partial charge in [0.1, 0.15) is 11.6 Å². The molecule has 1 aliphatic heterocycles. The van der Waals surface area contributed by atoms with Crippen LogP contribution in [0.15, 0.2) is 30.6 Å². The van der Waals surface area contributed by atoms with Crippen LogP contribution < -0.4 is 10.6 Å². The van der Waals surface area contributed by atoms with Crippen LogP contribution in [0.25, 0.3) is 0 Å². The number of benzene rings is 1. The molecule has 2 atom stereocenters. The van der Waals surface area contributed by atoms with Gasteiger partial charge in [0.25, 0.3) is 0 Å². The predicted octanol–water partition coefficient (Wildman–Crippen LogP) is 1.74. The molecule has 2 aromatic rings. The summed E-state index contributed by atoms with van der Waals surface area (Å²) in [5.41, 5.74) is 1.27. The summed E-state index contributed by atoms with van der Waals surface area (Å²) in [6.07, 6.45) is 3.66. The first-order valence-corrected chi connectivity index (χ1v) is 7.45. The molecule has 8 heteroatoms. The summed E-state index contributed by atoms with van der Waals surface area (Å²) in [6.45, 7) is 1.31. The van der Waals surface area contributed by atoms with E-state index in [4.69, 9.17) is 0 Å². The molecule has 3 rings (SSSR count). The summed E-state index contributed by atoms with van der Waals surface area (Å²) < 4.78 is 28.2. The fraction of sp³-hybridized carbons (Fsp3) is 0.375. The van der Waals surface area contributed by atoms with Gasteiger partial charge in [-0.25, -0.2) is 8.78 Å². The highest BCUT2D eigenvalue weighted by atomic mass is 35.5. The van der Waals surface area contributed by atoms with E-state index in [2.05, 4.69) is 15.7 Å². The SMILES string of the molecule is Cl.Cn1cc([C@H]2CNC[C@@H]2C(=O)NCc2ccc(F)cc2F)cn1. The lowest BCUT2D eigenvalue weighted by Gasteiger charge is -2.17. The Labute approximate surface area is 144 Å². The van der Waals surface area contributed by atoms with Crippen molar-refractivity contribution in [1.29, 1.82) is 0 Å². The number of rotatable bonds is 4. The van der Waals surface area contributed by atoms with Crippen LogP contribution >= 0.6 is 12.4 Å². The molecule has 1 saturated heterocycles. The number of carbonyl (C=O) groups excluding carboxylic acids is 1. The number of nitrogens with zero attached hydrogens (tertiary/aromatic N) is 2. The molecule has 1 aromatic heterocycles. The van der Waals surface area contributed by atoms with Gasteiger partial charge >= 0.3 is 0 Å². The lowest BCUT2D eigenvalue weighted by atomic mass is 9.90. The Balaban J connectivity index is 0.00000208. The lowest BCUT2D eigenvalue weighted by Crippen LogP contribution is -2.34. The Kier molecular flexibility index (Phi) is 5.90. The normalized spacial score (nSPS) is 19.8. The van der Waals surface area contributed by atoms with E-state index in [0.29, 0.717) is 13.1 Å². The Morgan fingerprint density at radius 3 is 2.88 bits per heavy atom. The minimum absolute atomic E-state index is 0. The minimum atomic E-state index is -0.654. The van der Waals surface area contributed by atoms with Gasteiger partial charge in [-0.05, 0) is 11.6 Å². The molecule has 1 aliphatic rings. The first-order chi connectivity index (χ1) is 11.0. The second-order valence-corrected chi connectivity index (χ2v) is 5.77. The van der Waals surface area contributed by atoms with Crippen molar-refractivity contribution in [2.45, 2.75) is 12.5 Å². The van der Waals surface area contributed by atoms with Crippen molar-refractivity contribution < 1.29 is 13.6 Å². The molecule has 2 N–H and O–H groups in total. The summed E-state index contributed by atoms with van der Waals surface area (Å²) in [6, 6.07) is 3.34. The van der Waals surface area contributed by atoms with Crippen LogP contribution in [0.2, 0.25) is 0 Å². The zero-order chi connectivity index (χ0) is 16.4. The molecule has 1 amide bonds. The van der Waals surface area contributed by atoms with Crippen molar-refractivity contribution in [3.63, 3.8) is 0 Å². The Morgan fingerprint density at radius 2 is 2.21 bits per heavy atom. The van der Waals surface area contributed by atoms with Gasteiger partial charge in [0.05, 0.1) is 12.1 Å². The van der Waals surface area contributed by atoms with Crippen molar-refractivity contribution in [3.05, 3.63) is 53.4 Å². The van der Waals surface area contributed by atoms with E-state index < -0.39 is 11.6 Å². The predicted molar refractivity (Wildman–Crippen MR) is 87.8 cm³/mol. The highest BCUT2D eigenvalue weighted by Crippen LogP contribution is 2.28. The maximum Gasteiger partial charge on any atom is 0.225 e. The first kappa shape index (κ1) is 18.4. The maximum absolute atomic E-state index is 13.6. The number of amides is 1. The lowest BCUT2D eigenvalue weighted by molar-refractivity contribution is -0.125. The minimum Gasteiger partial charge on any atom is -0.352 e. The number of aryl methyl sites for hydroxylation is 1. The van der Waals surface area contributed by atoms with Crippen LogP contribution in [0.1, 0.15) is 17.0 Å². The number of halogens is 3. The molecule has 0 spiro atoms. The zero-order valence-corrected chi connectivity index (χ0v) is 13.9. The number of aromatic nitrogens is 2. The number of hydrogen-bond acceptors (Lipinski definition) is 3. The Morgan fingerprint density at radius 1 is 1.42 bits per heavy atom. The highest BCUT2D eigenvalue weighted by Gasteiger charge is 2.34. The van der Waals surface area contributed by atoms with Gasteiger partial charge in [0, 0.05) is 50.4 Å². The molecule has 5 nitrogen and oxygen atoms in total. The topological polar surface area (TPSA) is 59.0 Å². The fourth-order valence-electron chi connectivity index (χ4n) is 2.91. The van der Waals surface area contributed by atoms with E-state index in [1.807, 2.05) is 13.2 Å². The molecular weight excluding hydrogens is 338 g/mol. The largest absolute Gasteiger partial charge is 0.352 e. The Hall–Kier alpha value is -1.99. The van der Waals surface area contributed by atoms with Crippen LogP contribution in [0.3, 0.4) is 0 Å². The molecule has 0 radical (unpaired) electrons. The standard InChI is InChI=1S/C16H18F2N4O.ClH/c1-22-9-11(6-21-22)13-7-19-8-14(13)16(23)20-5-10-2-3-12(17)4-15(10)18;/h2-4,6,9,13-14,19H,5,7-8H2,1H3,(H,20,23);1H/t13-,14+;/m1./s1. The van der Waals surface area contributed by atoms with Crippen molar-refractivity contribution in [3.8, 4) is 0 Å². The van der Waals surface area contributed by atoms with Crippen molar-refractivity contribution >= 4 is 18.3 Å². The molecule has 2 heterocycles. The van der Waals surface area contributed by atoms with Crippen LogP contribution in [-0.4, -0.2) is 28.8 Å². The molecule has 0 saturated carbocycles. The summed E-state index contributed by atoms with van der Waals surface area (Å²) in [7, 11) is 1.83. The summed E-state index contributed by atoms with van der Waals surface area (Å²) in [5, 5.41) is 10.1. The summed E-state index contributed by atoms with van der Waals surface area (Å²) in [5.74, 6) is -1.62. The molecule has 1 aromatic carbocycles. The van der Waals surface area contributed by atoms with Crippen LogP contribution in [0.5, 0.6) is 0 Å². The number of nitrogens with one attached hydrogen (secondary N) is 2. The highest BCUT2D eigenvalue weighted by molar-refractivity contribution is 5.85. The summed E-state index contributed by atoms with van der Waals surface area (Å²) >= 11 is 0. The second kappa shape index (κ2) is 7.72. The molecule has 24 heavy (non-hydrogen) atoms. The third kappa shape index (κ3) is 3.91. The third-order valence-electron chi connectivity index (χ3n) is 4.17. The summed E-state index contributed by atoms with van der Waals surface area (Å²) in [4.78, 5) is 12.4. The van der Waals surface area contributed by atoms with E-state index in [1.54, 1.807) is 10.9 Å². The smallest absolute Gasteiger partial charge is 0.225 e. The van der Waals surface area contributed by atoms with Crippen molar-refractivity contribution in [2.24, 2.45) is 13.0 Å². The van der Waals surface area contributed by atoms with Crippen molar-refractivity contribution in [2.75, 3.05) is 13.1 Å². The zero-order valence-electron chi connectivity index (χ0n) is 13.1. The Bertz CT molecular complexity index is 722. The van der Waals surface area contributed by atoms with E-state index >= 15 is 0 Å². The molecule has 0 bridgehead atoms. The molecular formula is C16H19ClF2N4O. The number of carbonyl (C=O) groups is 1. The van der Waals surface area contributed by atoms with Crippen molar-refractivity contribution in [1.82, 2.24) is 20.4 Å². The number of hydrogen-bond donors (Lipinski definition) is 2. The van der Waals surface area contributed by atoms with E-state index in [9.17, 15) is 13.6 Å². The molecule has 130 valence electrons. The van der Waals surface area contributed by atoms with E-state index in [0.717, 1.165) is 11.6 Å². The van der Waals surface area contributed by atoms with Gasteiger partial charge in [0.15, 0.2) is 0 Å². The quantitative estimate of drug-likeness (QED) is 0.877. The van der Waals surface area contributed by atoms with Crippen LogP contribution in [0, 0.1) is 17.6 Å². The van der Waals surface area contributed by atoms with Gasteiger partial charge in [-0.2, -0.15) is 5.10 Å². The first-order valence-electron chi connectivity index (χ1n) is 7.45. The van der Waals surface area contributed by atoms with Gasteiger partial charge in [-0.15, -0.1) is 12.4 Å². The van der Waals surface area contributed by atoms with Gasteiger partial charge in [-0.1, -0.05) is 6.07 Å². The van der Waals surface area contributed by atoms with Gasteiger partial charge < -0.3 is 10.6 Å². The molecule has 0 aliphatic carbocycles. The fourth-order valence-corrected chi connectivity index (χ4v) is 2.91. The van der Waals surface area contributed by atoms with Crippen LogP contribution in [0.4, 0.5) is 8.78 Å². The second-order valence-electron chi connectivity index (χ2n) is 5.77. The monoisotopic (exact) mass is 356 g/mol. The average molecular weight is 357 g/mol. The maximum atomic E-state index is 13.6. The third-order valence-corrected chi connectivity index (χ3v) is 4.17. The van der Waals surface area contributed by atoms with E-state index in [1.165, 1.54) is 12.1 Å².